The zero-order valence-electron chi connectivity index (χ0n) is 15.8. The molecule has 1 aliphatic heterocycles. The first-order chi connectivity index (χ1) is 12.9. The molecular formula is C19H24ClFN4O2. The first-order valence-corrected chi connectivity index (χ1v) is 9.63. The lowest BCUT2D eigenvalue weighted by molar-refractivity contribution is 0.0882. The fourth-order valence-electron chi connectivity index (χ4n) is 3.52. The van der Waals surface area contributed by atoms with Crippen LogP contribution in [0.2, 0.25) is 5.02 Å². The van der Waals surface area contributed by atoms with E-state index in [1.165, 1.54) is 12.3 Å². The lowest BCUT2D eigenvalue weighted by Gasteiger charge is -2.39. The normalized spacial score (nSPS) is 20.0. The van der Waals surface area contributed by atoms with Crippen LogP contribution in [0.3, 0.4) is 0 Å². The first-order valence-electron chi connectivity index (χ1n) is 9.26. The van der Waals surface area contributed by atoms with Gasteiger partial charge < -0.3 is 14.6 Å². The maximum atomic E-state index is 14.2. The minimum atomic E-state index is -0.427. The number of oxazole rings is 1. The van der Waals surface area contributed by atoms with Crippen molar-refractivity contribution >= 4 is 23.3 Å². The summed E-state index contributed by atoms with van der Waals surface area (Å²) in [4.78, 5) is 22.9. The van der Waals surface area contributed by atoms with Gasteiger partial charge in [0.1, 0.15) is 0 Å². The molecule has 1 N–H and O–H groups in total. The number of halogens is 2. The Labute approximate surface area is 163 Å². The van der Waals surface area contributed by atoms with Crippen LogP contribution in [0.5, 0.6) is 0 Å². The number of pyridine rings is 1. The third-order valence-electron chi connectivity index (χ3n) is 5.01. The van der Waals surface area contributed by atoms with Crippen molar-refractivity contribution in [2.75, 3.05) is 18.0 Å². The highest BCUT2D eigenvalue weighted by atomic mass is 35.5. The van der Waals surface area contributed by atoms with Crippen molar-refractivity contribution < 1.29 is 13.6 Å². The van der Waals surface area contributed by atoms with E-state index >= 15 is 0 Å². The van der Waals surface area contributed by atoms with Gasteiger partial charge >= 0.3 is 0 Å². The standard InChI is InChI=1S/C19H24ClFN4O2/c1-4-12-10-25(18-14(21)8-13(20)9-22-18)7-6-15(12)24-19(26)17-11(3)23-16(5-2)27-17/h8-9,12,15H,4-7,10H2,1-3H3,(H,24,26)/t12-,15+/m1/s1. The van der Waals surface area contributed by atoms with E-state index in [0.29, 0.717) is 43.3 Å². The third-order valence-corrected chi connectivity index (χ3v) is 5.22. The Morgan fingerprint density at radius 1 is 1.48 bits per heavy atom. The second kappa shape index (κ2) is 8.25. The van der Waals surface area contributed by atoms with Crippen LogP contribution >= 0.6 is 11.6 Å². The minimum Gasteiger partial charge on any atom is -0.435 e. The van der Waals surface area contributed by atoms with E-state index in [0.717, 1.165) is 6.42 Å². The van der Waals surface area contributed by atoms with Crippen LogP contribution in [0.25, 0.3) is 0 Å². The Morgan fingerprint density at radius 2 is 2.26 bits per heavy atom. The highest BCUT2D eigenvalue weighted by Gasteiger charge is 2.32. The smallest absolute Gasteiger partial charge is 0.289 e. The van der Waals surface area contributed by atoms with Crippen LogP contribution in [-0.2, 0) is 6.42 Å². The molecule has 0 aliphatic carbocycles. The number of rotatable bonds is 5. The van der Waals surface area contributed by atoms with E-state index in [1.54, 1.807) is 6.92 Å². The molecule has 0 aromatic carbocycles. The lowest BCUT2D eigenvalue weighted by Crippen LogP contribution is -2.51. The largest absolute Gasteiger partial charge is 0.435 e. The molecule has 2 atom stereocenters. The van der Waals surface area contributed by atoms with Crippen molar-refractivity contribution in [3.05, 3.63) is 40.4 Å². The Kier molecular flexibility index (Phi) is 5.99. The summed E-state index contributed by atoms with van der Waals surface area (Å²) >= 11 is 5.79. The summed E-state index contributed by atoms with van der Waals surface area (Å²) in [6, 6.07) is 1.26. The van der Waals surface area contributed by atoms with Crippen molar-refractivity contribution in [1.29, 1.82) is 0 Å². The van der Waals surface area contributed by atoms with Crippen molar-refractivity contribution in [3.8, 4) is 0 Å². The fraction of sp³-hybridized carbons (Fsp3) is 0.526. The zero-order valence-corrected chi connectivity index (χ0v) is 16.5. The minimum absolute atomic E-state index is 0.0105. The molecule has 2 aromatic rings. The molecule has 0 radical (unpaired) electrons. The van der Waals surface area contributed by atoms with E-state index in [9.17, 15) is 9.18 Å². The Bertz CT molecular complexity index is 826. The second-order valence-electron chi connectivity index (χ2n) is 6.82. The maximum Gasteiger partial charge on any atom is 0.289 e. The first kappa shape index (κ1) is 19.6. The quantitative estimate of drug-likeness (QED) is 0.835. The number of aryl methyl sites for hydroxylation is 2. The van der Waals surface area contributed by atoms with Gasteiger partial charge in [-0.25, -0.2) is 14.4 Å². The van der Waals surface area contributed by atoms with Gasteiger partial charge in [0.05, 0.1) is 10.7 Å². The van der Waals surface area contributed by atoms with Crippen LogP contribution in [0.15, 0.2) is 16.7 Å². The molecule has 3 rings (SSSR count). The van der Waals surface area contributed by atoms with Crippen molar-refractivity contribution in [3.63, 3.8) is 0 Å². The molecule has 1 fully saturated rings. The molecule has 2 aromatic heterocycles. The molecule has 8 heteroatoms. The average molecular weight is 395 g/mol. The molecule has 1 amide bonds. The van der Waals surface area contributed by atoms with E-state index < -0.39 is 5.82 Å². The molecule has 1 aliphatic rings. The molecule has 0 saturated carbocycles. The number of nitrogens with zero attached hydrogens (tertiary/aromatic N) is 3. The molecule has 0 spiro atoms. The second-order valence-corrected chi connectivity index (χ2v) is 7.25. The molecule has 0 unspecified atom stereocenters. The summed E-state index contributed by atoms with van der Waals surface area (Å²) in [5.41, 5.74) is 0.599. The van der Waals surface area contributed by atoms with Crippen LogP contribution < -0.4 is 10.2 Å². The summed E-state index contributed by atoms with van der Waals surface area (Å²) in [5, 5.41) is 3.35. The topological polar surface area (TPSA) is 71.3 Å². The summed E-state index contributed by atoms with van der Waals surface area (Å²) in [7, 11) is 0. The number of carbonyl (C=O) groups excluding carboxylic acids is 1. The number of nitrogens with one attached hydrogen (secondary N) is 1. The van der Waals surface area contributed by atoms with Crippen molar-refractivity contribution in [2.24, 2.45) is 5.92 Å². The van der Waals surface area contributed by atoms with Gasteiger partial charge in [-0.1, -0.05) is 25.4 Å². The number of hydrogen-bond donors (Lipinski definition) is 1. The Morgan fingerprint density at radius 3 is 2.89 bits per heavy atom. The van der Waals surface area contributed by atoms with Gasteiger partial charge in [0.25, 0.3) is 5.91 Å². The van der Waals surface area contributed by atoms with Crippen LogP contribution in [-0.4, -0.2) is 35.0 Å². The van der Waals surface area contributed by atoms with Crippen LogP contribution in [0, 0.1) is 18.7 Å². The van der Waals surface area contributed by atoms with Gasteiger partial charge in [-0.05, 0) is 31.7 Å². The lowest BCUT2D eigenvalue weighted by atomic mass is 9.89. The van der Waals surface area contributed by atoms with Gasteiger partial charge in [-0.2, -0.15) is 0 Å². The van der Waals surface area contributed by atoms with Crippen LogP contribution in [0.4, 0.5) is 10.2 Å². The number of amides is 1. The molecule has 27 heavy (non-hydrogen) atoms. The van der Waals surface area contributed by atoms with E-state index in [2.05, 4.69) is 22.2 Å². The van der Waals surface area contributed by atoms with Gasteiger partial charge in [-0.3, -0.25) is 4.79 Å². The summed E-state index contributed by atoms with van der Waals surface area (Å²) in [6.07, 6.45) is 3.64. The number of hydrogen-bond acceptors (Lipinski definition) is 5. The molecule has 6 nitrogen and oxygen atoms in total. The van der Waals surface area contributed by atoms with E-state index in [4.69, 9.17) is 16.0 Å². The van der Waals surface area contributed by atoms with E-state index in [1.807, 2.05) is 11.8 Å². The Hall–Kier alpha value is -2.15. The van der Waals surface area contributed by atoms with Gasteiger partial charge in [0.2, 0.25) is 5.76 Å². The highest BCUT2D eigenvalue weighted by Crippen LogP contribution is 2.27. The monoisotopic (exact) mass is 394 g/mol. The molecule has 0 bridgehead atoms. The maximum absolute atomic E-state index is 14.2. The number of anilines is 1. The molecular weight excluding hydrogens is 371 g/mol. The van der Waals surface area contributed by atoms with Gasteiger partial charge in [0, 0.05) is 31.7 Å². The van der Waals surface area contributed by atoms with Crippen LogP contribution in [0.1, 0.15) is 48.8 Å². The summed E-state index contributed by atoms with van der Waals surface area (Å²) in [5.74, 6) is 0.643. The molecule has 1 saturated heterocycles. The molecule has 3 heterocycles. The highest BCUT2D eigenvalue weighted by molar-refractivity contribution is 6.30. The average Bonchev–Trinajstić information content (AvgIpc) is 3.03. The third kappa shape index (κ3) is 4.24. The SMILES string of the molecule is CCc1nc(C)c(C(=O)N[C@H]2CCN(c3ncc(Cl)cc3F)C[C@H]2CC)o1. The number of carbonyl (C=O) groups is 1. The van der Waals surface area contributed by atoms with Crippen molar-refractivity contribution in [1.82, 2.24) is 15.3 Å². The number of aromatic nitrogens is 2. The fourth-order valence-corrected chi connectivity index (χ4v) is 3.66. The summed E-state index contributed by atoms with van der Waals surface area (Å²) < 4.78 is 19.7. The predicted octanol–water partition coefficient (Wildman–Crippen LogP) is 3.77. The zero-order chi connectivity index (χ0) is 19.6. The summed E-state index contributed by atoms with van der Waals surface area (Å²) in [6.45, 7) is 6.98. The van der Waals surface area contributed by atoms with Gasteiger partial charge in [0.15, 0.2) is 17.5 Å². The predicted molar refractivity (Wildman–Crippen MR) is 102 cm³/mol. The molecule has 146 valence electrons. The number of piperidine rings is 1. The Balaban J connectivity index is 1.69. The van der Waals surface area contributed by atoms with Crippen molar-refractivity contribution in [2.45, 2.75) is 46.1 Å². The van der Waals surface area contributed by atoms with Gasteiger partial charge in [-0.15, -0.1) is 0 Å². The van der Waals surface area contributed by atoms with E-state index in [-0.39, 0.29) is 28.6 Å².